The summed E-state index contributed by atoms with van der Waals surface area (Å²) in [5.74, 6) is -0.272. The van der Waals surface area contributed by atoms with E-state index >= 15 is 0 Å². The fourth-order valence-corrected chi connectivity index (χ4v) is 5.45. The zero-order chi connectivity index (χ0) is 32.6. The maximum absolute atomic E-state index is 12.9. The van der Waals surface area contributed by atoms with Gasteiger partial charge in [-0.1, -0.05) is 71.2 Å². The molecular weight excluding hydrogens is 542 g/mol. The van der Waals surface area contributed by atoms with Gasteiger partial charge in [0, 0.05) is 25.6 Å². The van der Waals surface area contributed by atoms with Crippen molar-refractivity contribution in [2.75, 3.05) is 27.7 Å². The minimum Gasteiger partial charge on any atom is -0.352 e. The molecule has 0 radical (unpaired) electrons. The number of benzene rings is 1. The van der Waals surface area contributed by atoms with E-state index in [4.69, 9.17) is 0 Å². The first kappa shape index (κ1) is 40.2. The fourth-order valence-electron chi connectivity index (χ4n) is 5.45. The number of aldehydes is 1. The van der Waals surface area contributed by atoms with E-state index < -0.39 is 12.1 Å². The zero-order valence-electron chi connectivity index (χ0n) is 28.2. The second-order valence-corrected chi connectivity index (χ2v) is 11.4. The van der Waals surface area contributed by atoms with Crippen LogP contribution in [0.5, 0.6) is 0 Å². The molecule has 1 heterocycles. The summed E-state index contributed by atoms with van der Waals surface area (Å²) in [6, 6.07) is 8.10. The van der Waals surface area contributed by atoms with Crippen molar-refractivity contribution in [3.05, 3.63) is 35.4 Å². The molecule has 3 atom stereocenters. The van der Waals surface area contributed by atoms with Crippen molar-refractivity contribution in [3.63, 3.8) is 0 Å². The van der Waals surface area contributed by atoms with Gasteiger partial charge in [0.15, 0.2) is 0 Å². The Hall–Kier alpha value is -2.78. The van der Waals surface area contributed by atoms with Gasteiger partial charge in [0.25, 0.3) is 0 Å². The molecule has 2 fully saturated rings. The molecule has 9 nitrogen and oxygen atoms in total. The van der Waals surface area contributed by atoms with Crippen molar-refractivity contribution in [2.45, 2.75) is 123 Å². The molecule has 0 bridgehead atoms. The van der Waals surface area contributed by atoms with Crippen molar-refractivity contribution < 1.29 is 19.2 Å². The lowest BCUT2D eigenvalue weighted by molar-refractivity contribution is -0.139. The molecule has 1 aromatic rings. The van der Waals surface area contributed by atoms with Crippen molar-refractivity contribution in [2.24, 2.45) is 5.92 Å². The highest BCUT2D eigenvalue weighted by atomic mass is 16.2. The summed E-state index contributed by atoms with van der Waals surface area (Å²) in [4.78, 5) is 47.8. The maximum atomic E-state index is 12.9. The van der Waals surface area contributed by atoms with Crippen molar-refractivity contribution in [1.29, 1.82) is 0 Å². The lowest BCUT2D eigenvalue weighted by atomic mass is 9.83. The highest BCUT2D eigenvalue weighted by Crippen LogP contribution is 2.29. The van der Waals surface area contributed by atoms with Crippen LogP contribution in [-0.2, 0) is 32.0 Å². The van der Waals surface area contributed by atoms with Crippen LogP contribution in [0.1, 0.15) is 97.1 Å². The quantitative estimate of drug-likeness (QED) is 0.350. The minimum atomic E-state index is -0.577. The van der Waals surface area contributed by atoms with Crippen LogP contribution in [0.15, 0.2) is 24.3 Å². The van der Waals surface area contributed by atoms with Gasteiger partial charge >= 0.3 is 0 Å². The highest BCUT2D eigenvalue weighted by Gasteiger charge is 2.40. The number of rotatable bonds is 7. The first-order valence-electron chi connectivity index (χ1n) is 16.3. The summed E-state index contributed by atoms with van der Waals surface area (Å²) in [6.45, 7) is 9.95. The third-order valence-electron chi connectivity index (χ3n) is 7.66. The summed E-state index contributed by atoms with van der Waals surface area (Å²) >= 11 is 0. The number of hydrogen-bond donors (Lipinski definition) is 4. The normalized spacial score (nSPS) is 19.6. The Bertz CT molecular complexity index is 880. The molecular formula is C34H61N5O4. The predicted octanol–water partition coefficient (Wildman–Crippen LogP) is 4.03. The maximum Gasteiger partial charge on any atom is 0.246 e. The third kappa shape index (κ3) is 16.0. The number of nitrogens with one attached hydrogen (secondary N) is 4. The Kier molecular flexibility index (Phi) is 23.0. The average Bonchev–Trinajstić information content (AvgIpc) is 3.44. The van der Waals surface area contributed by atoms with E-state index in [1.807, 2.05) is 35.0 Å². The lowest BCUT2D eigenvalue weighted by Gasteiger charge is -2.33. The van der Waals surface area contributed by atoms with E-state index in [1.165, 1.54) is 37.5 Å². The second kappa shape index (κ2) is 24.6. The number of hydrogen-bond acceptors (Lipinski definition) is 6. The van der Waals surface area contributed by atoms with Gasteiger partial charge in [0.1, 0.15) is 12.3 Å². The van der Waals surface area contributed by atoms with E-state index in [-0.39, 0.29) is 23.8 Å². The van der Waals surface area contributed by atoms with E-state index in [0.717, 1.165) is 38.4 Å². The van der Waals surface area contributed by atoms with Crippen LogP contribution in [-0.4, -0.2) is 81.3 Å². The summed E-state index contributed by atoms with van der Waals surface area (Å²) in [6.07, 6.45) is 12.2. The zero-order valence-corrected chi connectivity index (χ0v) is 28.2. The summed E-state index contributed by atoms with van der Waals surface area (Å²) in [5.41, 5.74) is 3.16. The summed E-state index contributed by atoms with van der Waals surface area (Å²) < 4.78 is 0. The predicted molar refractivity (Wildman–Crippen MR) is 177 cm³/mol. The van der Waals surface area contributed by atoms with Gasteiger partial charge in [0.05, 0.1) is 6.04 Å². The molecule has 246 valence electrons. The Morgan fingerprint density at radius 1 is 0.907 bits per heavy atom. The molecule has 3 aliphatic rings. The van der Waals surface area contributed by atoms with Gasteiger partial charge in [0.2, 0.25) is 18.2 Å². The van der Waals surface area contributed by atoms with E-state index in [9.17, 15) is 19.2 Å². The molecule has 0 aromatic heterocycles. The molecule has 3 amide bonds. The van der Waals surface area contributed by atoms with Crippen LogP contribution in [0.3, 0.4) is 0 Å². The SMILES string of the molecule is CC.CC(=O)NC1CC(C=O)N(C(=O)C(NC=O)C2CCCCC2)C1.CNC.CNC(C)C.c1ccc2c(c1)CCCC2. The molecule has 4 rings (SSSR count). The van der Waals surface area contributed by atoms with Gasteiger partial charge in [-0.2, -0.15) is 0 Å². The number of likely N-dealkylation sites (tertiary alicyclic amines) is 1. The van der Waals surface area contributed by atoms with Gasteiger partial charge in [-0.25, -0.2) is 0 Å². The molecule has 0 spiro atoms. The Morgan fingerprint density at radius 2 is 1.42 bits per heavy atom. The number of nitrogens with zero attached hydrogens (tertiary/aromatic N) is 1. The van der Waals surface area contributed by atoms with Crippen LogP contribution < -0.4 is 21.3 Å². The summed E-state index contributed by atoms with van der Waals surface area (Å²) in [7, 11) is 5.70. The van der Waals surface area contributed by atoms with Crippen molar-refractivity contribution >= 4 is 24.5 Å². The van der Waals surface area contributed by atoms with Crippen molar-refractivity contribution in [1.82, 2.24) is 26.2 Å². The van der Waals surface area contributed by atoms with Crippen LogP contribution in [0.4, 0.5) is 0 Å². The average molecular weight is 604 g/mol. The Labute approximate surface area is 261 Å². The number of aryl methyl sites for hydroxylation is 2. The molecule has 4 N–H and O–H groups in total. The Morgan fingerprint density at radius 3 is 1.84 bits per heavy atom. The van der Waals surface area contributed by atoms with Gasteiger partial charge in [-0.15, -0.1) is 0 Å². The van der Waals surface area contributed by atoms with E-state index in [2.05, 4.69) is 59.4 Å². The second-order valence-electron chi connectivity index (χ2n) is 11.4. The fraction of sp³-hybridized carbons (Fsp3) is 0.706. The first-order chi connectivity index (χ1) is 20.7. The molecule has 1 aromatic carbocycles. The molecule has 9 heteroatoms. The minimum absolute atomic E-state index is 0.119. The van der Waals surface area contributed by atoms with Gasteiger partial charge < -0.3 is 31.0 Å². The first-order valence-corrected chi connectivity index (χ1v) is 16.3. The van der Waals surface area contributed by atoms with Crippen LogP contribution in [0.2, 0.25) is 0 Å². The summed E-state index contributed by atoms with van der Waals surface area (Å²) in [5, 5.41) is 11.2. The number of carbonyl (C=O) groups excluding carboxylic acids is 4. The van der Waals surface area contributed by atoms with Crippen LogP contribution >= 0.6 is 0 Å². The van der Waals surface area contributed by atoms with Crippen molar-refractivity contribution in [3.8, 4) is 0 Å². The molecule has 1 saturated carbocycles. The largest absolute Gasteiger partial charge is 0.352 e. The molecule has 3 unspecified atom stereocenters. The number of fused-ring (bicyclic) bond motifs is 1. The molecule has 43 heavy (non-hydrogen) atoms. The third-order valence-corrected chi connectivity index (χ3v) is 7.66. The molecule has 1 saturated heterocycles. The van der Waals surface area contributed by atoms with Gasteiger partial charge in [-0.3, -0.25) is 14.4 Å². The van der Waals surface area contributed by atoms with Gasteiger partial charge in [-0.05, 0) is 83.1 Å². The highest BCUT2D eigenvalue weighted by molar-refractivity contribution is 5.87. The van der Waals surface area contributed by atoms with Crippen LogP contribution in [0, 0.1) is 5.92 Å². The Balaban J connectivity index is 0.000000719. The monoisotopic (exact) mass is 603 g/mol. The van der Waals surface area contributed by atoms with Crippen LogP contribution in [0.25, 0.3) is 0 Å². The lowest BCUT2D eigenvalue weighted by Crippen LogP contribution is -2.52. The number of amides is 3. The molecule has 1 aliphatic heterocycles. The van der Waals surface area contributed by atoms with E-state index in [1.54, 1.807) is 11.1 Å². The smallest absolute Gasteiger partial charge is 0.246 e. The van der Waals surface area contributed by atoms with E-state index in [0.29, 0.717) is 25.4 Å². The number of carbonyl (C=O) groups is 4. The standard InChI is InChI=1S/C16H25N3O4.C10H12.C4H11N.C2H7N.C2H6/c1-11(22)18-13-7-14(9-20)19(8-13)16(23)15(17-10-21)12-5-3-2-4-6-12;1-2-6-10-8-4-3-7-9(10)5-1;1-4(2)5-3;1-3-2;1-2/h9-10,12-15H,2-8H2,1H3,(H,17,21)(H,18,22);1-2,5-6H,3-4,7-8H2;4-5H,1-3H3;3H,1-2H3;1-2H3. The topological polar surface area (TPSA) is 120 Å². The molecule has 2 aliphatic carbocycles.